The third-order valence-electron chi connectivity index (χ3n) is 3.29. The fourth-order valence-electron chi connectivity index (χ4n) is 2.25. The van der Waals surface area contributed by atoms with Crippen molar-refractivity contribution < 1.29 is 14.9 Å². The second-order valence-electron chi connectivity index (χ2n) is 5.24. The van der Waals surface area contributed by atoms with Crippen molar-refractivity contribution in [1.82, 2.24) is 0 Å². The Morgan fingerprint density at radius 1 is 1.35 bits per heavy atom. The third-order valence-corrected chi connectivity index (χ3v) is 3.29. The lowest BCUT2D eigenvalue weighted by Crippen LogP contribution is -2.32. The van der Waals surface area contributed by atoms with E-state index in [1.165, 1.54) is 0 Å². The number of benzene rings is 1. The molecule has 0 saturated heterocycles. The highest BCUT2D eigenvalue weighted by Crippen LogP contribution is 2.39. The summed E-state index contributed by atoms with van der Waals surface area (Å²) in [5.41, 5.74) is 1.67. The van der Waals surface area contributed by atoms with Crippen molar-refractivity contribution in [2.45, 2.75) is 45.1 Å². The van der Waals surface area contributed by atoms with Crippen molar-refractivity contribution in [2.75, 3.05) is 6.61 Å². The number of aliphatic hydroxyl groups excluding tert-OH is 1. The van der Waals surface area contributed by atoms with Crippen molar-refractivity contribution in [3.8, 4) is 11.5 Å². The molecule has 0 atom stereocenters. The van der Waals surface area contributed by atoms with Gasteiger partial charge in [-0.15, -0.1) is 0 Å². The number of phenols is 1. The molecular weight excluding hydrogens is 216 g/mol. The van der Waals surface area contributed by atoms with Gasteiger partial charge >= 0.3 is 0 Å². The molecule has 94 valence electrons. The van der Waals surface area contributed by atoms with E-state index in [1.54, 1.807) is 0 Å². The summed E-state index contributed by atoms with van der Waals surface area (Å²) in [6, 6.07) is 3.83. The van der Waals surface area contributed by atoms with E-state index in [1.807, 2.05) is 12.1 Å². The Bertz CT molecular complexity index is 410. The summed E-state index contributed by atoms with van der Waals surface area (Å²) in [6.07, 6.45) is 3.15. The van der Waals surface area contributed by atoms with E-state index in [9.17, 15) is 5.11 Å². The van der Waals surface area contributed by atoms with Crippen molar-refractivity contribution in [2.24, 2.45) is 0 Å². The van der Waals surface area contributed by atoms with Gasteiger partial charge in [-0.3, -0.25) is 0 Å². The molecule has 1 aromatic rings. The van der Waals surface area contributed by atoms with Crippen LogP contribution in [0.1, 0.15) is 37.8 Å². The fraction of sp³-hybridized carbons (Fsp3) is 0.571. The molecule has 1 aliphatic heterocycles. The zero-order valence-corrected chi connectivity index (χ0v) is 10.5. The highest BCUT2D eigenvalue weighted by Gasteiger charge is 2.28. The lowest BCUT2D eigenvalue weighted by molar-refractivity contribution is 0.0836. The molecule has 0 bridgehead atoms. The van der Waals surface area contributed by atoms with Crippen molar-refractivity contribution in [3.05, 3.63) is 23.3 Å². The summed E-state index contributed by atoms with van der Waals surface area (Å²) in [5.74, 6) is 1.15. The minimum atomic E-state index is -0.147. The number of aliphatic hydroxyl groups is 1. The number of hydrogen-bond acceptors (Lipinski definition) is 3. The van der Waals surface area contributed by atoms with Crippen LogP contribution in [0.2, 0.25) is 0 Å². The molecule has 17 heavy (non-hydrogen) atoms. The van der Waals surface area contributed by atoms with Crippen LogP contribution in [-0.4, -0.2) is 22.4 Å². The maximum absolute atomic E-state index is 10.2. The van der Waals surface area contributed by atoms with Gasteiger partial charge in [-0.1, -0.05) is 6.07 Å². The Labute approximate surface area is 102 Å². The van der Waals surface area contributed by atoms with Gasteiger partial charge in [-0.05, 0) is 51.2 Å². The summed E-state index contributed by atoms with van der Waals surface area (Å²) in [6.45, 7) is 4.28. The molecule has 0 unspecified atom stereocenters. The average molecular weight is 236 g/mol. The number of rotatable bonds is 3. The van der Waals surface area contributed by atoms with E-state index >= 15 is 0 Å². The number of fused-ring (bicyclic) bond motifs is 1. The number of hydrogen-bond donors (Lipinski definition) is 2. The summed E-state index contributed by atoms with van der Waals surface area (Å²) in [4.78, 5) is 0. The van der Waals surface area contributed by atoms with E-state index in [4.69, 9.17) is 9.84 Å². The Morgan fingerprint density at radius 3 is 2.82 bits per heavy atom. The molecular formula is C14H20O3. The first-order valence-electron chi connectivity index (χ1n) is 6.17. The van der Waals surface area contributed by atoms with Crippen molar-refractivity contribution >= 4 is 0 Å². The SMILES string of the molecule is CC1(C)CCc2c(ccc(CCCO)c2O)O1. The van der Waals surface area contributed by atoms with Gasteiger partial charge in [-0.2, -0.15) is 0 Å². The summed E-state index contributed by atoms with van der Waals surface area (Å²) >= 11 is 0. The Balaban J connectivity index is 2.27. The molecule has 0 radical (unpaired) electrons. The monoisotopic (exact) mass is 236 g/mol. The fourth-order valence-corrected chi connectivity index (χ4v) is 2.25. The van der Waals surface area contributed by atoms with E-state index in [0.717, 1.165) is 29.7 Å². The average Bonchev–Trinajstić information content (AvgIpc) is 2.27. The van der Waals surface area contributed by atoms with Crippen LogP contribution in [0.5, 0.6) is 11.5 Å². The zero-order valence-electron chi connectivity index (χ0n) is 10.5. The second-order valence-corrected chi connectivity index (χ2v) is 5.24. The van der Waals surface area contributed by atoms with E-state index < -0.39 is 0 Å². The van der Waals surface area contributed by atoms with Gasteiger partial charge in [0.2, 0.25) is 0 Å². The van der Waals surface area contributed by atoms with Gasteiger partial charge in [0.15, 0.2) is 0 Å². The molecule has 0 saturated carbocycles. The molecule has 0 aromatic heterocycles. The normalized spacial score (nSPS) is 17.4. The molecule has 0 amide bonds. The number of phenolic OH excluding ortho intramolecular Hbond substituents is 1. The van der Waals surface area contributed by atoms with Crippen LogP contribution >= 0.6 is 0 Å². The predicted molar refractivity (Wildman–Crippen MR) is 66.5 cm³/mol. The topological polar surface area (TPSA) is 49.7 Å². The highest BCUT2D eigenvalue weighted by atomic mass is 16.5. The van der Waals surface area contributed by atoms with Gasteiger partial charge in [0, 0.05) is 12.2 Å². The molecule has 3 heteroatoms. The number of ether oxygens (including phenoxy) is 1. The van der Waals surface area contributed by atoms with Crippen LogP contribution in [0.3, 0.4) is 0 Å². The molecule has 1 heterocycles. The first kappa shape index (κ1) is 12.2. The van der Waals surface area contributed by atoms with Crippen LogP contribution in [0.25, 0.3) is 0 Å². The van der Waals surface area contributed by atoms with Gasteiger partial charge in [0.25, 0.3) is 0 Å². The third kappa shape index (κ3) is 2.55. The minimum absolute atomic E-state index is 0.147. The summed E-state index contributed by atoms with van der Waals surface area (Å²) in [5, 5.41) is 19.0. The van der Waals surface area contributed by atoms with Crippen LogP contribution in [-0.2, 0) is 12.8 Å². The summed E-state index contributed by atoms with van der Waals surface area (Å²) < 4.78 is 5.85. The largest absolute Gasteiger partial charge is 0.507 e. The molecule has 2 N–H and O–H groups in total. The smallest absolute Gasteiger partial charge is 0.127 e. The molecule has 0 aliphatic carbocycles. The van der Waals surface area contributed by atoms with Crippen LogP contribution in [0.15, 0.2) is 12.1 Å². The highest BCUT2D eigenvalue weighted by molar-refractivity contribution is 5.50. The first-order chi connectivity index (χ1) is 8.03. The van der Waals surface area contributed by atoms with Gasteiger partial charge in [-0.25, -0.2) is 0 Å². The number of aromatic hydroxyl groups is 1. The quantitative estimate of drug-likeness (QED) is 0.847. The van der Waals surface area contributed by atoms with E-state index in [-0.39, 0.29) is 12.2 Å². The molecule has 3 nitrogen and oxygen atoms in total. The lowest BCUT2D eigenvalue weighted by Gasteiger charge is -2.33. The predicted octanol–water partition coefficient (Wildman–Crippen LogP) is 2.42. The molecule has 0 fully saturated rings. The van der Waals surface area contributed by atoms with Gasteiger partial charge < -0.3 is 14.9 Å². The van der Waals surface area contributed by atoms with Crippen LogP contribution in [0.4, 0.5) is 0 Å². The molecule has 1 aliphatic rings. The van der Waals surface area contributed by atoms with Crippen molar-refractivity contribution in [3.63, 3.8) is 0 Å². The Morgan fingerprint density at radius 2 is 2.12 bits per heavy atom. The van der Waals surface area contributed by atoms with Crippen LogP contribution in [0, 0.1) is 0 Å². The minimum Gasteiger partial charge on any atom is -0.507 e. The number of aryl methyl sites for hydroxylation is 1. The standard InChI is InChI=1S/C14H20O3/c1-14(2)8-7-11-12(17-14)6-5-10(13(11)16)4-3-9-15/h5-6,15-16H,3-4,7-9H2,1-2H3. The Kier molecular flexibility index (Phi) is 3.29. The molecule has 0 spiro atoms. The van der Waals surface area contributed by atoms with Gasteiger partial charge in [0.1, 0.15) is 17.1 Å². The Hall–Kier alpha value is -1.22. The zero-order chi connectivity index (χ0) is 12.5. The lowest BCUT2D eigenvalue weighted by atomic mass is 9.92. The molecule has 1 aromatic carbocycles. The van der Waals surface area contributed by atoms with Gasteiger partial charge in [0.05, 0.1) is 0 Å². The maximum Gasteiger partial charge on any atom is 0.127 e. The van der Waals surface area contributed by atoms with Crippen LogP contribution < -0.4 is 4.74 Å². The van der Waals surface area contributed by atoms with E-state index in [2.05, 4.69) is 13.8 Å². The second kappa shape index (κ2) is 4.57. The first-order valence-corrected chi connectivity index (χ1v) is 6.17. The van der Waals surface area contributed by atoms with Crippen molar-refractivity contribution in [1.29, 1.82) is 0 Å². The maximum atomic E-state index is 10.2. The molecule has 2 rings (SSSR count). The van der Waals surface area contributed by atoms with E-state index in [0.29, 0.717) is 18.6 Å². The summed E-state index contributed by atoms with van der Waals surface area (Å²) in [7, 11) is 0.